The molecule has 1 saturated carbocycles. The van der Waals surface area contributed by atoms with E-state index in [1.54, 1.807) is 0 Å². The number of rotatable bonds is 6. The van der Waals surface area contributed by atoms with Crippen LogP contribution >= 0.6 is 12.2 Å². The van der Waals surface area contributed by atoms with Crippen molar-refractivity contribution < 1.29 is 4.74 Å². The Balaban J connectivity index is 1.82. The lowest BCUT2D eigenvalue weighted by molar-refractivity contribution is 0.210. The summed E-state index contributed by atoms with van der Waals surface area (Å²) >= 11 is 5.34. The molecular formula is C17H26N2OS. The van der Waals surface area contributed by atoms with Crippen LogP contribution in [0.3, 0.4) is 0 Å². The molecule has 1 aliphatic rings. The van der Waals surface area contributed by atoms with Crippen molar-refractivity contribution >= 4 is 23.0 Å². The molecule has 0 aliphatic heterocycles. The number of nitrogens with one attached hydrogen (secondary N) is 2. The Labute approximate surface area is 133 Å². The lowest BCUT2D eigenvalue weighted by atomic mass is 10.2. The quantitative estimate of drug-likeness (QED) is 0.759. The summed E-state index contributed by atoms with van der Waals surface area (Å²) in [6, 6.07) is 8.51. The molecule has 116 valence electrons. The number of hydrogen-bond donors (Lipinski definition) is 2. The third-order valence-corrected chi connectivity index (χ3v) is 4.26. The fourth-order valence-electron chi connectivity index (χ4n) is 2.66. The summed E-state index contributed by atoms with van der Waals surface area (Å²) in [7, 11) is 0. The van der Waals surface area contributed by atoms with Crippen LogP contribution in [0.5, 0.6) is 5.75 Å². The highest BCUT2D eigenvalue weighted by molar-refractivity contribution is 7.80. The fourth-order valence-corrected chi connectivity index (χ4v) is 2.95. The maximum Gasteiger partial charge on any atom is 0.170 e. The summed E-state index contributed by atoms with van der Waals surface area (Å²) in [5.41, 5.74) is 0.997. The number of thiocarbonyl (C=S) groups is 1. The van der Waals surface area contributed by atoms with Gasteiger partial charge in [0.25, 0.3) is 0 Å². The molecule has 0 unspecified atom stereocenters. The van der Waals surface area contributed by atoms with Crippen molar-refractivity contribution in [1.82, 2.24) is 5.32 Å². The molecule has 0 heterocycles. The molecule has 1 fully saturated rings. The molecule has 2 N–H and O–H groups in total. The van der Waals surface area contributed by atoms with Crippen LogP contribution in [-0.2, 0) is 0 Å². The minimum absolute atomic E-state index is 0.404. The molecule has 4 heteroatoms. The predicted molar refractivity (Wildman–Crippen MR) is 93.1 cm³/mol. The molecule has 21 heavy (non-hydrogen) atoms. The predicted octanol–water partition coefficient (Wildman–Crippen LogP) is 4.48. The first-order chi connectivity index (χ1) is 10.2. The van der Waals surface area contributed by atoms with Crippen molar-refractivity contribution in [2.24, 2.45) is 0 Å². The average Bonchev–Trinajstić information content (AvgIpc) is 3.00. The second-order valence-electron chi connectivity index (χ2n) is 5.66. The Morgan fingerprint density at radius 1 is 1.19 bits per heavy atom. The Hall–Kier alpha value is -1.29. The van der Waals surface area contributed by atoms with E-state index in [1.165, 1.54) is 25.7 Å². The molecule has 1 aliphatic carbocycles. The molecule has 0 atom stereocenters. The minimum Gasteiger partial charge on any atom is -0.490 e. The first-order valence-electron chi connectivity index (χ1n) is 8.05. The third-order valence-electron chi connectivity index (χ3n) is 4.04. The van der Waals surface area contributed by atoms with E-state index in [1.807, 2.05) is 24.3 Å². The van der Waals surface area contributed by atoms with Crippen molar-refractivity contribution in [3.8, 4) is 5.75 Å². The van der Waals surface area contributed by atoms with E-state index >= 15 is 0 Å². The van der Waals surface area contributed by atoms with Gasteiger partial charge in [-0.1, -0.05) is 13.8 Å². The van der Waals surface area contributed by atoms with Gasteiger partial charge in [-0.25, -0.2) is 0 Å². The summed E-state index contributed by atoms with van der Waals surface area (Å²) in [5.74, 6) is 0.950. The van der Waals surface area contributed by atoms with Gasteiger partial charge in [0.1, 0.15) is 5.75 Å². The van der Waals surface area contributed by atoms with Gasteiger partial charge in [-0.2, -0.15) is 0 Å². The molecule has 0 radical (unpaired) electrons. The monoisotopic (exact) mass is 306 g/mol. The van der Waals surface area contributed by atoms with Gasteiger partial charge in [0, 0.05) is 11.7 Å². The number of hydrogen-bond acceptors (Lipinski definition) is 2. The van der Waals surface area contributed by atoms with E-state index in [0.29, 0.717) is 17.3 Å². The van der Waals surface area contributed by atoms with Crippen molar-refractivity contribution in [2.75, 3.05) is 5.32 Å². The first-order valence-corrected chi connectivity index (χ1v) is 8.46. The molecule has 1 aromatic carbocycles. The number of ether oxygens (including phenoxy) is 1. The van der Waals surface area contributed by atoms with E-state index in [-0.39, 0.29) is 0 Å². The van der Waals surface area contributed by atoms with Crippen molar-refractivity contribution in [1.29, 1.82) is 0 Å². The zero-order valence-corrected chi connectivity index (χ0v) is 13.8. The van der Waals surface area contributed by atoms with E-state index in [4.69, 9.17) is 17.0 Å². The maximum absolute atomic E-state index is 5.96. The Kier molecular flexibility index (Phi) is 6.30. The molecule has 1 aromatic rings. The van der Waals surface area contributed by atoms with Crippen LogP contribution in [0.15, 0.2) is 24.3 Å². The molecule has 0 bridgehead atoms. The molecule has 0 amide bonds. The Bertz CT molecular complexity index is 437. The summed E-state index contributed by atoms with van der Waals surface area (Å²) in [4.78, 5) is 0. The van der Waals surface area contributed by atoms with E-state index in [9.17, 15) is 0 Å². The largest absolute Gasteiger partial charge is 0.490 e. The van der Waals surface area contributed by atoms with Gasteiger partial charge in [-0.3, -0.25) is 0 Å². The third kappa shape index (κ3) is 5.20. The van der Waals surface area contributed by atoms with E-state index in [2.05, 4.69) is 24.5 Å². The molecule has 2 rings (SSSR count). The first kappa shape index (κ1) is 16.1. The van der Waals surface area contributed by atoms with Crippen LogP contribution in [0.1, 0.15) is 52.4 Å². The molecule has 0 spiro atoms. The van der Waals surface area contributed by atoms with Crippen LogP contribution in [-0.4, -0.2) is 17.3 Å². The summed E-state index contributed by atoms with van der Waals surface area (Å²) in [5, 5.41) is 7.24. The summed E-state index contributed by atoms with van der Waals surface area (Å²) < 4.78 is 5.96. The van der Waals surface area contributed by atoms with Crippen LogP contribution in [0.2, 0.25) is 0 Å². The molecule has 0 aromatic heterocycles. The van der Waals surface area contributed by atoms with Gasteiger partial charge >= 0.3 is 0 Å². The zero-order valence-electron chi connectivity index (χ0n) is 13.0. The highest BCUT2D eigenvalue weighted by atomic mass is 32.1. The van der Waals surface area contributed by atoms with Crippen molar-refractivity contribution in [3.63, 3.8) is 0 Å². The number of anilines is 1. The van der Waals surface area contributed by atoms with Crippen molar-refractivity contribution in [2.45, 2.75) is 64.5 Å². The van der Waals surface area contributed by atoms with Gasteiger partial charge in [-0.15, -0.1) is 0 Å². The smallest absolute Gasteiger partial charge is 0.170 e. The van der Waals surface area contributed by atoms with Crippen LogP contribution in [0, 0.1) is 0 Å². The maximum atomic E-state index is 5.96. The van der Waals surface area contributed by atoms with Gasteiger partial charge < -0.3 is 15.4 Å². The number of benzene rings is 1. The zero-order chi connectivity index (χ0) is 15.1. The van der Waals surface area contributed by atoms with Gasteiger partial charge in [-0.05, 0) is 75.0 Å². The van der Waals surface area contributed by atoms with Gasteiger partial charge in [0.05, 0.1) is 6.10 Å². The van der Waals surface area contributed by atoms with Crippen LogP contribution in [0.4, 0.5) is 5.69 Å². The highest BCUT2D eigenvalue weighted by Crippen LogP contribution is 2.24. The van der Waals surface area contributed by atoms with Crippen molar-refractivity contribution in [3.05, 3.63) is 24.3 Å². The van der Waals surface area contributed by atoms with Gasteiger partial charge in [0.2, 0.25) is 0 Å². The normalized spacial score (nSPS) is 15.2. The topological polar surface area (TPSA) is 33.3 Å². The highest BCUT2D eigenvalue weighted by Gasteiger charge is 2.16. The average molecular weight is 306 g/mol. The minimum atomic E-state index is 0.404. The SMILES string of the molecule is CCC(CC)NC(=S)Nc1ccc(OC2CCCC2)cc1. The second-order valence-corrected chi connectivity index (χ2v) is 6.07. The standard InChI is InChI=1S/C17H26N2OS/c1-3-13(4-2)18-17(21)19-14-9-11-16(12-10-14)20-15-7-5-6-8-15/h9-13,15H,3-8H2,1-2H3,(H2,18,19,21). The van der Waals surface area contributed by atoms with E-state index in [0.717, 1.165) is 24.3 Å². The fraction of sp³-hybridized carbons (Fsp3) is 0.588. The molecule has 3 nitrogen and oxygen atoms in total. The Morgan fingerprint density at radius 2 is 1.81 bits per heavy atom. The lowest BCUT2D eigenvalue weighted by Gasteiger charge is -2.18. The molecule has 0 saturated heterocycles. The Morgan fingerprint density at radius 3 is 2.38 bits per heavy atom. The summed E-state index contributed by atoms with van der Waals surface area (Å²) in [6.07, 6.45) is 7.51. The second kappa shape index (κ2) is 8.23. The van der Waals surface area contributed by atoms with E-state index < -0.39 is 0 Å². The van der Waals surface area contributed by atoms with Gasteiger partial charge in [0.15, 0.2) is 5.11 Å². The van der Waals surface area contributed by atoms with Crippen LogP contribution < -0.4 is 15.4 Å². The van der Waals surface area contributed by atoms with Crippen LogP contribution in [0.25, 0.3) is 0 Å². The molecular weight excluding hydrogens is 280 g/mol. The lowest BCUT2D eigenvalue weighted by Crippen LogP contribution is -2.36. The summed E-state index contributed by atoms with van der Waals surface area (Å²) in [6.45, 7) is 4.33.